The number of phenols is 1. The molecule has 3 rings (SSSR count). The number of nitrogens with one attached hydrogen (secondary N) is 1. The van der Waals surface area contributed by atoms with E-state index < -0.39 is 9.84 Å². The van der Waals surface area contributed by atoms with Crippen LogP contribution in [0, 0.1) is 5.92 Å². The van der Waals surface area contributed by atoms with E-state index in [1.807, 2.05) is 12.1 Å². The molecule has 2 aliphatic rings. The molecule has 116 valence electrons. The maximum Gasteiger partial charge on any atom is 0.150 e. The zero-order valence-electron chi connectivity index (χ0n) is 12.4. The van der Waals surface area contributed by atoms with Gasteiger partial charge in [-0.05, 0) is 61.4 Å². The minimum absolute atomic E-state index is 0.172. The second kappa shape index (κ2) is 5.61. The van der Waals surface area contributed by atoms with Gasteiger partial charge in [-0.1, -0.05) is 12.5 Å². The van der Waals surface area contributed by atoms with Crippen LogP contribution in [0.4, 0.5) is 0 Å². The molecule has 1 fully saturated rings. The monoisotopic (exact) mass is 309 g/mol. The van der Waals surface area contributed by atoms with Crippen LogP contribution in [0.2, 0.25) is 0 Å². The number of rotatable bonds is 2. The van der Waals surface area contributed by atoms with E-state index in [0.717, 1.165) is 44.2 Å². The van der Waals surface area contributed by atoms with Crippen molar-refractivity contribution < 1.29 is 13.5 Å². The van der Waals surface area contributed by atoms with Crippen molar-refractivity contribution in [1.82, 2.24) is 5.32 Å². The summed E-state index contributed by atoms with van der Waals surface area (Å²) in [6.45, 7) is 0.919. The lowest BCUT2D eigenvalue weighted by Gasteiger charge is -2.37. The first-order valence-corrected chi connectivity index (χ1v) is 9.64. The van der Waals surface area contributed by atoms with Gasteiger partial charge in [-0.25, -0.2) is 8.42 Å². The fourth-order valence-electron chi connectivity index (χ4n) is 3.87. The van der Waals surface area contributed by atoms with Gasteiger partial charge in [0.1, 0.15) is 15.6 Å². The minimum atomic E-state index is -2.96. The number of fused-ring (bicyclic) bond motifs is 1. The van der Waals surface area contributed by atoms with Crippen LogP contribution in [-0.2, 0) is 16.3 Å². The van der Waals surface area contributed by atoms with E-state index in [1.54, 1.807) is 6.07 Å². The Balaban J connectivity index is 1.86. The van der Waals surface area contributed by atoms with Gasteiger partial charge in [0.15, 0.2) is 0 Å². The third-order valence-corrected chi connectivity index (χ3v) is 6.61. The van der Waals surface area contributed by atoms with Gasteiger partial charge in [0.25, 0.3) is 0 Å². The third kappa shape index (κ3) is 3.09. The summed E-state index contributed by atoms with van der Waals surface area (Å²) in [6, 6.07) is 5.75. The zero-order valence-corrected chi connectivity index (χ0v) is 13.2. The lowest BCUT2D eigenvalue weighted by molar-refractivity contribution is 0.265. The van der Waals surface area contributed by atoms with Crippen molar-refractivity contribution >= 4 is 9.84 Å². The van der Waals surface area contributed by atoms with E-state index in [-0.39, 0.29) is 17.0 Å². The van der Waals surface area contributed by atoms with Crippen molar-refractivity contribution in [3.63, 3.8) is 0 Å². The van der Waals surface area contributed by atoms with E-state index in [2.05, 4.69) is 5.32 Å². The molecular weight excluding hydrogens is 286 g/mol. The van der Waals surface area contributed by atoms with Crippen LogP contribution in [-0.4, -0.2) is 31.6 Å². The molecular formula is C16H23NO3S. The van der Waals surface area contributed by atoms with Crippen molar-refractivity contribution in [3.8, 4) is 5.75 Å². The molecule has 1 aliphatic carbocycles. The predicted octanol–water partition coefficient (Wildman–Crippen LogP) is 2.18. The number of phenolic OH excluding ortho intramolecular Hbond substituents is 1. The van der Waals surface area contributed by atoms with Crippen LogP contribution < -0.4 is 5.32 Å². The second-order valence-corrected chi connectivity index (χ2v) is 8.77. The van der Waals surface area contributed by atoms with Crippen molar-refractivity contribution in [1.29, 1.82) is 0 Å². The maximum atomic E-state index is 11.9. The fourth-order valence-corrected chi connectivity index (χ4v) is 5.06. The second-order valence-electron chi connectivity index (χ2n) is 6.44. The standard InChI is InChI=1S/C16H23NO3S/c1-21(19,20)14-4-2-3-12(9-14)16-15-10-13(18)6-5-11(15)7-8-17-16/h5-6,10,12,14,16-18H,2-4,7-9H2,1H3. The molecule has 0 bridgehead atoms. The van der Waals surface area contributed by atoms with Gasteiger partial charge in [-0.3, -0.25) is 0 Å². The summed E-state index contributed by atoms with van der Waals surface area (Å²) in [5.74, 6) is 0.622. The van der Waals surface area contributed by atoms with Gasteiger partial charge >= 0.3 is 0 Å². The highest BCUT2D eigenvalue weighted by atomic mass is 32.2. The van der Waals surface area contributed by atoms with Crippen molar-refractivity contribution in [2.45, 2.75) is 43.4 Å². The first-order chi connectivity index (χ1) is 9.95. The molecule has 1 aliphatic heterocycles. The molecule has 0 aromatic heterocycles. The molecule has 0 spiro atoms. The molecule has 1 aromatic carbocycles. The summed E-state index contributed by atoms with van der Waals surface area (Å²) >= 11 is 0. The SMILES string of the molecule is CS(=O)(=O)C1CCCC(C2NCCc3ccc(O)cc32)C1. The average Bonchev–Trinajstić information content (AvgIpc) is 2.46. The number of sulfone groups is 1. The Morgan fingerprint density at radius 3 is 2.86 bits per heavy atom. The molecule has 1 aromatic rings. The summed E-state index contributed by atoms with van der Waals surface area (Å²) in [5.41, 5.74) is 2.43. The molecule has 0 amide bonds. The van der Waals surface area contributed by atoms with Crippen LogP contribution in [0.1, 0.15) is 42.9 Å². The summed E-state index contributed by atoms with van der Waals surface area (Å²) in [7, 11) is -2.96. The number of hydrogen-bond donors (Lipinski definition) is 2. The van der Waals surface area contributed by atoms with E-state index >= 15 is 0 Å². The Morgan fingerprint density at radius 2 is 2.10 bits per heavy atom. The van der Waals surface area contributed by atoms with Gasteiger partial charge in [0, 0.05) is 12.3 Å². The molecule has 1 heterocycles. The third-order valence-electron chi connectivity index (χ3n) is 4.97. The Morgan fingerprint density at radius 1 is 1.29 bits per heavy atom. The molecule has 4 nitrogen and oxygen atoms in total. The summed E-state index contributed by atoms with van der Waals surface area (Å²) in [4.78, 5) is 0. The molecule has 2 N–H and O–H groups in total. The van der Waals surface area contributed by atoms with Crippen molar-refractivity contribution in [3.05, 3.63) is 29.3 Å². The Hall–Kier alpha value is -1.07. The highest BCUT2D eigenvalue weighted by Crippen LogP contribution is 2.40. The number of aromatic hydroxyl groups is 1. The van der Waals surface area contributed by atoms with Gasteiger partial charge < -0.3 is 10.4 Å². The highest BCUT2D eigenvalue weighted by Gasteiger charge is 2.35. The summed E-state index contributed by atoms with van der Waals surface area (Å²) < 4.78 is 23.7. The smallest absolute Gasteiger partial charge is 0.150 e. The molecule has 1 saturated carbocycles. The predicted molar refractivity (Wildman–Crippen MR) is 83.1 cm³/mol. The maximum absolute atomic E-state index is 11.9. The zero-order chi connectivity index (χ0) is 15.0. The number of benzene rings is 1. The van der Waals surface area contributed by atoms with E-state index in [4.69, 9.17) is 0 Å². The molecule has 5 heteroatoms. The Bertz CT molecular complexity index is 626. The van der Waals surface area contributed by atoms with Crippen LogP contribution >= 0.6 is 0 Å². The highest BCUT2D eigenvalue weighted by molar-refractivity contribution is 7.91. The normalized spacial score (nSPS) is 29.9. The van der Waals surface area contributed by atoms with Crippen molar-refractivity contribution in [2.24, 2.45) is 5.92 Å². The molecule has 0 radical (unpaired) electrons. The van der Waals surface area contributed by atoms with Crippen LogP contribution in [0.25, 0.3) is 0 Å². The quantitative estimate of drug-likeness (QED) is 0.879. The van der Waals surface area contributed by atoms with Crippen LogP contribution in [0.15, 0.2) is 18.2 Å². The van der Waals surface area contributed by atoms with Crippen molar-refractivity contribution in [2.75, 3.05) is 12.8 Å². The van der Waals surface area contributed by atoms with Gasteiger partial charge in [-0.2, -0.15) is 0 Å². The topological polar surface area (TPSA) is 66.4 Å². The van der Waals surface area contributed by atoms with Crippen LogP contribution in [0.5, 0.6) is 5.75 Å². The Kier molecular flexibility index (Phi) is 3.97. The van der Waals surface area contributed by atoms with Gasteiger partial charge in [-0.15, -0.1) is 0 Å². The average molecular weight is 309 g/mol. The Labute approximate surface area is 126 Å². The van der Waals surface area contributed by atoms with Crippen LogP contribution in [0.3, 0.4) is 0 Å². The summed E-state index contributed by atoms with van der Waals surface area (Å²) in [5, 5.41) is 13.1. The molecule has 3 atom stereocenters. The minimum Gasteiger partial charge on any atom is -0.508 e. The van der Waals surface area contributed by atoms with E-state index in [1.165, 1.54) is 11.8 Å². The van der Waals surface area contributed by atoms with Gasteiger partial charge in [0.2, 0.25) is 0 Å². The molecule has 3 unspecified atom stereocenters. The van der Waals surface area contributed by atoms with Gasteiger partial charge in [0.05, 0.1) is 5.25 Å². The van der Waals surface area contributed by atoms with E-state index in [0.29, 0.717) is 5.92 Å². The largest absolute Gasteiger partial charge is 0.508 e. The molecule has 0 saturated heterocycles. The molecule has 21 heavy (non-hydrogen) atoms. The fraction of sp³-hybridized carbons (Fsp3) is 0.625. The lowest BCUT2D eigenvalue weighted by atomic mass is 9.78. The first kappa shape index (κ1) is 14.9. The number of hydrogen-bond acceptors (Lipinski definition) is 4. The first-order valence-electron chi connectivity index (χ1n) is 7.69. The lowest BCUT2D eigenvalue weighted by Crippen LogP contribution is -2.39. The van der Waals surface area contributed by atoms with E-state index in [9.17, 15) is 13.5 Å². The summed E-state index contributed by atoms with van der Waals surface area (Å²) in [6.07, 6.45) is 5.86.